The Kier molecular flexibility index (Phi) is 4.20. The van der Waals surface area contributed by atoms with E-state index in [1.807, 2.05) is 10.8 Å². The molecule has 0 amide bonds. The second-order valence-electron chi connectivity index (χ2n) is 4.83. The molecule has 2 heterocycles. The van der Waals surface area contributed by atoms with Crippen LogP contribution in [0.25, 0.3) is 0 Å². The summed E-state index contributed by atoms with van der Waals surface area (Å²) in [5.41, 5.74) is 7.98. The third-order valence-corrected chi connectivity index (χ3v) is 3.60. The first-order valence-corrected chi connectivity index (χ1v) is 7.13. The number of imidazole rings is 1. The van der Waals surface area contributed by atoms with E-state index in [0.29, 0.717) is 17.4 Å². The lowest BCUT2D eigenvalue weighted by atomic mass is 10.1. The monoisotopic (exact) mass is 314 g/mol. The summed E-state index contributed by atoms with van der Waals surface area (Å²) in [6.07, 6.45) is 6.90. The highest BCUT2D eigenvalue weighted by molar-refractivity contribution is 6.35. The molecular weight excluding hydrogens is 300 g/mol. The molecule has 3 N–H and O–H groups in total. The summed E-state index contributed by atoms with van der Waals surface area (Å²) in [6, 6.07) is 8.31. The topological polar surface area (TPSA) is 81.6 Å². The number of hydrogen-bond donors (Lipinski definition) is 2. The van der Waals surface area contributed by atoms with Crippen molar-refractivity contribution in [3.8, 4) is 0 Å². The van der Waals surface area contributed by atoms with E-state index in [-0.39, 0.29) is 5.82 Å². The van der Waals surface area contributed by atoms with Gasteiger partial charge in [0.1, 0.15) is 17.2 Å². The van der Waals surface area contributed by atoms with E-state index in [1.165, 1.54) is 11.9 Å². The van der Waals surface area contributed by atoms with Crippen molar-refractivity contribution >= 4 is 23.2 Å². The SMILES string of the molecule is Nc1ncnc(NCc2ccc(Cn3ccnc3)cc2)c1Cl. The molecule has 7 heteroatoms. The molecule has 0 radical (unpaired) electrons. The summed E-state index contributed by atoms with van der Waals surface area (Å²) < 4.78 is 2.02. The molecule has 2 aromatic heterocycles. The highest BCUT2D eigenvalue weighted by Crippen LogP contribution is 2.23. The van der Waals surface area contributed by atoms with Crippen LogP contribution in [0.1, 0.15) is 11.1 Å². The third-order valence-electron chi connectivity index (χ3n) is 3.22. The standard InChI is InChI=1S/C15H15ClN6/c16-13-14(17)20-9-21-15(13)19-7-11-1-3-12(4-2-11)8-22-6-5-18-10-22/h1-6,9-10H,7-8H2,(H3,17,19,20,21). The van der Waals surface area contributed by atoms with Crippen molar-refractivity contribution in [2.75, 3.05) is 11.1 Å². The van der Waals surface area contributed by atoms with E-state index in [1.54, 1.807) is 12.5 Å². The average Bonchev–Trinajstić information content (AvgIpc) is 3.03. The molecule has 3 rings (SSSR count). The number of nitrogens with zero attached hydrogens (tertiary/aromatic N) is 4. The maximum Gasteiger partial charge on any atom is 0.150 e. The van der Waals surface area contributed by atoms with Gasteiger partial charge in [0, 0.05) is 25.5 Å². The largest absolute Gasteiger partial charge is 0.382 e. The molecular formula is C15H15ClN6. The molecule has 3 aromatic rings. The number of halogens is 1. The van der Waals surface area contributed by atoms with Crippen LogP contribution in [-0.2, 0) is 13.1 Å². The van der Waals surface area contributed by atoms with Crippen molar-refractivity contribution in [2.24, 2.45) is 0 Å². The number of rotatable bonds is 5. The van der Waals surface area contributed by atoms with E-state index in [2.05, 4.69) is 44.5 Å². The first kappa shape index (κ1) is 14.3. The van der Waals surface area contributed by atoms with Crippen molar-refractivity contribution in [3.05, 3.63) is 65.5 Å². The van der Waals surface area contributed by atoms with E-state index in [4.69, 9.17) is 17.3 Å². The van der Waals surface area contributed by atoms with Gasteiger partial charge >= 0.3 is 0 Å². The van der Waals surface area contributed by atoms with Gasteiger partial charge in [-0.15, -0.1) is 0 Å². The zero-order chi connectivity index (χ0) is 15.4. The molecule has 0 saturated carbocycles. The van der Waals surface area contributed by atoms with Crippen LogP contribution in [0.3, 0.4) is 0 Å². The molecule has 6 nitrogen and oxygen atoms in total. The van der Waals surface area contributed by atoms with Gasteiger partial charge in [-0.2, -0.15) is 0 Å². The molecule has 0 aliphatic heterocycles. The first-order chi connectivity index (χ1) is 10.7. The quantitative estimate of drug-likeness (QED) is 0.756. The molecule has 1 aromatic carbocycles. The van der Waals surface area contributed by atoms with Crippen LogP contribution >= 0.6 is 11.6 Å². The molecule has 0 aliphatic carbocycles. The van der Waals surface area contributed by atoms with Crippen LogP contribution in [0.15, 0.2) is 49.3 Å². The molecule has 22 heavy (non-hydrogen) atoms. The van der Waals surface area contributed by atoms with Gasteiger partial charge in [0.15, 0.2) is 5.82 Å². The molecule has 0 saturated heterocycles. The van der Waals surface area contributed by atoms with Gasteiger partial charge in [0.25, 0.3) is 0 Å². The minimum absolute atomic E-state index is 0.273. The minimum atomic E-state index is 0.273. The third kappa shape index (κ3) is 3.35. The van der Waals surface area contributed by atoms with Crippen molar-refractivity contribution in [2.45, 2.75) is 13.1 Å². The lowest BCUT2D eigenvalue weighted by molar-refractivity contribution is 0.797. The van der Waals surface area contributed by atoms with Crippen LogP contribution in [0, 0.1) is 0 Å². The van der Waals surface area contributed by atoms with Crippen LogP contribution in [0.2, 0.25) is 5.02 Å². The van der Waals surface area contributed by atoms with Gasteiger partial charge < -0.3 is 15.6 Å². The summed E-state index contributed by atoms with van der Waals surface area (Å²) in [5, 5.41) is 3.50. The first-order valence-electron chi connectivity index (χ1n) is 6.76. The average molecular weight is 315 g/mol. The predicted molar refractivity (Wildman–Crippen MR) is 86.6 cm³/mol. The number of anilines is 2. The Morgan fingerprint density at radius 1 is 1.14 bits per heavy atom. The zero-order valence-electron chi connectivity index (χ0n) is 11.8. The molecule has 0 atom stereocenters. The summed E-state index contributed by atoms with van der Waals surface area (Å²) >= 11 is 6.04. The number of benzene rings is 1. The Labute approximate surface area is 133 Å². The van der Waals surface area contributed by atoms with E-state index >= 15 is 0 Å². The van der Waals surface area contributed by atoms with E-state index in [0.717, 1.165) is 12.1 Å². The number of nitrogens with two attached hydrogens (primary N) is 1. The summed E-state index contributed by atoms with van der Waals surface area (Å²) in [4.78, 5) is 11.9. The number of nitrogen functional groups attached to an aromatic ring is 1. The normalized spacial score (nSPS) is 10.6. The van der Waals surface area contributed by atoms with E-state index < -0.39 is 0 Å². The highest BCUT2D eigenvalue weighted by atomic mass is 35.5. The van der Waals surface area contributed by atoms with Gasteiger partial charge in [-0.25, -0.2) is 15.0 Å². The highest BCUT2D eigenvalue weighted by Gasteiger charge is 2.05. The molecule has 0 fully saturated rings. The molecule has 0 aliphatic rings. The fourth-order valence-corrected chi connectivity index (χ4v) is 2.21. The number of hydrogen-bond acceptors (Lipinski definition) is 5. The Bertz CT molecular complexity index is 739. The van der Waals surface area contributed by atoms with Crippen molar-refractivity contribution in [3.63, 3.8) is 0 Å². The van der Waals surface area contributed by atoms with Gasteiger partial charge in [0.2, 0.25) is 0 Å². The molecule has 112 valence electrons. The van der Waals surface area contributed by atoms with Crippen molar-refractivity contribution in [1.29, 1.82) is 0 Å². The Hall–Kier alpha value is -2.60. The predicted octanol–water partition coefficient (Wildman–Crippen LogP) is 2.57. The summed E-state index contributed by atoms with van der Waals surface area (Å²) in [7, 11) is 0. The van der Waals surface area contributed by atoms with Crippen LogP contribution < -0.4 is 11.1 Å². The molecule has 0 bridgehead atoms. The van der Waals surface area contributed by atoms with Crippen molar-refractivity contribution < 1.29 is 0 Å². The minimum Gasteiger partial charge on any atom is -0.382 e. The fourth-order valence-electron chi connectivity index (χ4n) is 2.05. The van der Waals surface area contributed by atoms with Crippen molar-refractivity contribution in [1.82, 2.24) is 19.5 Å². The smallest absolute Gasteiger partial charge is 0.150 e. The fraction of sp³-hybridized carbons (Fsp3) is 0.133. The second-order valence-corrected chi connectivity index (χ2v) is 5.20. The van der Waals surface area contributed by atoms with Crippen LogP contribution in [0.5, 0.6) is 0 Å². The Morgan fingerprint density at radius 2 is 1.91 bits per heavy atom. The van der Waals surface area contributed by atoms with Gasteiger partial charge in [-0.05, 0) is 11.1 Å². The summed E-state index contributed by atoms with van der Waals surface area (Å²) in [5.74, 6) is 0.812. The number of nitrogens with one attached hydrogen (secondary N) is 1. The zero-order valence-corrected chi connectivity index (χ0v) is 12.5. The lowest BCUT2D eigenvalue weighted by Gasteiger charge is -2.09. The Morgan fingerprint density at radius 3 is 2.64 bits per heavy atom. The maximum absolute atomic E-state index is 6.04. The summed E-state index contributed by atoms with van der Waals surface area (Å²) in [6.45, 7) is 1.42. The van der Waals surface area contributed by atoms with Gasteiger partial charge in [0.05, 0.1) is 6.33 Å². The number of aromatic nitrogens is 4. The van der Waals surface area contributed by atoms with Crippen LogP contribution in [-0.4, -0.2) is 19.5 Å². The van der Waals surface area contributed by atoms with Crippen LogP contribution in [0.4, 0.5) is 11.6 Å². The molecule has 0 unspecified atom stereocenters. The maximum atomic E-state index is 6.04. The molecule has 0 spiro atoms. The Balaban J connectivity index is 1.62. The van der Waals surface area contributed by atoms with Gasteiger partial charge in [-0.3, -0.25) is 0 Å². The van der Waals surface area contributed by atoms with Gasteiger partial charge in [-0.1, -0.05) is 35.9 Å². The second kappa shape index (κ2) is 6.44. The van der Waals surface area contributed by atoms with E-state index in [9.17, 15) is 0 Å². The lowest BCUT2D eigenvalue weighted by Crippen LogP contribution is -2.04.